The van der Waals surface area contributed by atoms with Crippen LogP contribution in [0, 0.1) is 18.8 Å². The van der Waals surface area contributed by atoms with E-state index in [0.29, 0.717) is 51.2 Å². The van der Waals surface area contributed by atoms with Crippen LogP contribution < -0.4 is 10.9 Å². The molecule has 2 aromatic rings. The highest BCUT2D eigenvalue weighted by atomic mass is 32.2. The molecule has 3 heterocycles. The second-order valence-electron chi connectivity index (χ2n) is 9.05. The number of nitrogens with one attached hydrogen (secondary N) is 1. The second kappa shape index (κ2) is 11.3. The molecule has 1 fully saturated rings. The van der Waals surface area contributed by atoms with Gasteiger partial charge in [-0.05, 0) is 42.9 Å². The Balaban J connectivity index is 2.00. The van der Waals surface area contributed by atoms with Gasteiger partial charge in [-0.3, -0.25) is 18.9 Å². The van der Waals surface area contributed by atoms with Crippen molar-refractivity contribution < 1.29 is 4.79 Å². The first kappa shape index (κ1) is 25.4. The largest absolute Gasteiger partial charge is 0.369 e. The van der Waals surface area contributed by atoms with Gasteiger partial charge < -0.3 is 5.32 Å². The number of hydrogen-bond acceptors (Lipinski definition) is 6. The van der Waals surface area contributed by atoms with Gasteiger partial charge in [0.1, 0.15) is 15.8 Å². The van der Waals surface area contributed by atoms with E-state index in [-0.39, 0.29) is 11.5 Å². The number of thioether (sulfide) groups is 1. The Kier molecular flexibility index (Phi) is 8.70. The molecule has 0 aliphatic carbocycles. The Morgan fingerprint density at radius 2 is 2.03 bits per heavy atom. The molecule has 8 heteroatoms. The zero-order chi connectivity index (χ0) is 24.1. The molecule has 1 saturated heterocycles. The molecule has 1 amide bonds. The summed E-state index contributed by atoms with van der Waals surface area (Å²) in [4.78, 5) is 33.6. The van der Waals surface area contributed by atoms with Crippen LogP contribution >= 0.6 is 24.0 Å². The number of amides is 1. The van der Waals surface area contributed by atoms with E-state index in [0.717, 1.165) is 31.2 Å². The van der Waals surface area contributed by atoms with Gasteiger partial charge in [0.05, 0.1) is 10.5 Å². The number of aryl methyl sites for hydroxylation is 1. The third-order valence-electron chi connectivity index (χ3n) is 5.90. The average Bonchev–Trinajstić information content (AvgIpc) is 3.04. The Hall–Kier alpha value is -2.19. The lowest BCUT2D eigenvalue weighted by Crippen LogP contribution is -2.33. The SMILES string of the molecule is CCCC[C@@H](CC)CN1C(=O)/C(=C/c2c(NCC(C)C)nc3c(C)cccn3c2=O)SC1=S. The quantitative estimate of drug-likeness (QED) is 0.354. The summed E-state index contributed by atoms with van der Waals surface area (Å²) in [6.45, 7) is 11.8. The maximum Gasteiger partial charge on any atom is 0.267 e. The summed E-state index contributed by atoms with van der Waals surface area (Å²) >= 11 is 6.82. The molecule has 0 aromatic carbocycles. The van der Waals surface area contributed by atoms with Crippen LogP contribution in [0.15, 0.2) is 28.0 Å². The highest BCUT2D eigenvalue weighted by Gasteiger charge is 2.33. The third-order valence-corrected chi connectivity index (χ3v) is 7.27. The van der Waals surface area contributed by atoms with E-state index < -0.39 is 0 Å². The van der Waals surface area contributed by atoms with E-state index in [1.54, 1.807) is 21.6 Å². The van der Waals surface area contributed by atoms with Gasteiger partial charge in [0, 0.05) is 19.3 Å². The molecule has 0 radical (unpaired) electrons. The highest BCUT2D eigenvalue weighted by molar-refractivity contribution is 8.26. The molecule has 1 aliphatic heterocycles. The van der Waals surface area contributed by atoms with Crippen molar-refractivity contribution in [2.45, 2.75) is 60.3 Å². The first-order valence-electron chi connectivity index (χ1n) is 11.8. The summed E-state index contributed by atoms with van der Waals surface area (Å²) < 4.78 is 2.10. The minimum absolute atomic E-state index is 0.122. The second-order valence-corrected chi connectivity index (χ2v) is 10.7. The molecular weight excluding hydrogens is 452 g/mol. The van der Waals surface area contributed by atoms with Crippen LogP contribution in [0.5, 0.6) is 0 Å². The summed E-state index contributed by atoms with van der Waals surface area (Å²) in [5, 5.41) is 3.31. The van der Waals surface area contributed by atoms with E-state index >= 15 is 0 Å². The van der Waals surface area contributed by atoms with E-state index in [2.05, 4.69) is 33.0 Å². The first-order chi connectivity index (χ1) is 15.8. The maximum atomic E-state index is 13.4. The number of aromatic nitrogens is 2. The number of thiocarbonyl (C=S) groups is 1. The van der Waals surface area contributed by atoms with Gasteiger partial charge in [0.15, 0.2) is 0 Å². The fraction of sp³-hybridized carbons (Fsp3) is 0.520. The molecule has 178 valence electrons. The molecule has 1 atom stereocenters. The van der Waals surface area contributed by atoms with Crippen LogP contribution in [0.25, 0.3) is 11.7 Å². The summed E-state index contributed by atoms with van der Waals surface area (Å²) in [7, 11) is 0. The van der Waals surface area contributed by atoms with Crippen LogP contribution in [0.2, 0.25) is 0 Å². The summed E-state index contributed by atoms with van der Waals surface area (Å²) in [5.74, 6) is 1.18. The number of pyridine rings is 1. The van der Waals surface area contributed by atoms with Crippen molar-refractivity contribution in [3.05, 3.63) is 44.7 Å². The zero-order valence-corrected chi connectivity index (χ0v) is 21.8. The lowest BCUT2D eigenvalue weighted by atomic mass is 9.99. The highest BCUT2D eigenvalue weighted by Crippen LogP contribution is 2.34. The lowest BCUT2D eigenvalue weighted by molar-refractivity contribution is -0.122. The first-order valence-corrected chi connectivity index (χ1v) is 13.0. The number of nitrogens with zero attached hydrogens (tertiary/aromatic N) is 3. The smallest absolute Gasteiger partial charge is 0.267 e. The molecule has 6 nitrogen and oxygen atoms in total. The molecule has 0 bridgehead atoms. The number of rotatable bonds is 10. The van der Waals surface area contributed by atoms with Gasteiger partial charge in [-0.1, -0.05) is 77.0 Å². The van der Waals surface area contributed by atoms with E-state index in [4.69, 9.17) is 17.2 Å². The molecule has 2 aromatic heterocycles. The molecule has 0 saturated carbocycles. The summed E-state index contributed by atoms with van der Waals surface area (Å²) in [6, 6.07) is 3.76. The van der Waals surface area contributed by atoms with Gasteiger partial charge >= 0.3 is 0 Å². The molecule has 1 aliphatic rings. The van der Waals surface area contributed by atoms with Crippen LogP contribution in [0.4, 0.5) is 5.82 Å². The van der Waals surface area contributed by atoms with Crippen molar-refractivity contribution in [3.63, 3.8) is 0 Å². The Bertz CT molecular complexity index is 1120. The fourth-order valence-electron chi connectivity index (χ4n) is 3.84. The van der Waals surface area contributed by atoms with Crippen molar-refractivity contribution in [1.29, 1.82) is 0 Å². The van der Waals surface area contributed by atoms with Crippen LogP contribution in [-0.2, 0) is 4.79 Å². The van der Waals surface area contributed by atoms with Crippen LogP contribution in [0.1, 0.15) is 64.5 Å². The van der Waals surface area contributed by atoms with Crippen molar-refractivity contribution in [2.75, 3.05) is 18.4 Å². The molecule has 0 unspecified atom stereocenters. The van der Waals surface area contributed by atoms with Crippen molar-refractivity contribution in [2.24, 2.45) is 11.8 Å². The molecular formula is C25H34N4O2S2. The minimum Gasteiger partial charge on any atom is -0.369 e. The van der Waals surface area contributed by atoms with Crippen LogP contribution in [0.3, 0.4) is 0 Å². The van der Waals surface area contributed by atoms with Crippen molar-refractivity contribution >= 4 is 51.7 Å². The number of fused-ring (bicyclic) bond motifs is 1. The molecule has 1 N–H and O–H groups in total. The van der Waals surface area contributed by atoms with Gasteiger partial charge in [0.25, 0.3) is 11.5 Å². The van der Waals surface area contributed by atoms with Crippen LogP contribution in [-0.4, -0.2) is 37.6 Å². The molecule has 3 rings (SSSR count). The number of anilines is 1. The minimum atomic E-state index is -0.199. The Labute approximate surface area is 205 Å². The standard InChI is InChI=1S/C25H34N4O2S2/c1-6-8-11-18(7-2)15-29-24(31)20(33-25(29)32)13-19-21(26-14-16(3)4)27-22-17(5)10-9-12-28(22)23(19)30/h9-10,12-13,16,18,26H,6-8,11,14-15H2,1-5H3/b20-13-/t18-/m1/s1. The van der Waals surface area contributed by atoms with E-state index in [1.165, 1.54) is 11.8 Å². The average molecular weight is 487 g/mol. The van der Waals surface area contributed by atoms with Crippen molar-refractivity contribution in [1.82, 2.24) is 14.3 Å². The van der Waals surface area contributed by atoms with E-state index in [9.17, 15) is 9.59 Å². The number of carbonyl (C=O) groups excluding carboxylic acids is 1. The zero-order valence-electron chi connectivity index (χ0n) is 20.2. The normalized spacial score (nSPS) is 16.4. The third kappa shape index (κ3) is 5.84. The predicted molar refractivity (Wildman–Crippen MR) is 143 cm³/mol. The Morgan fingerprint density at radius 3 is 2.70 bits per heavy atom. The monoisotopic (exact) mass is 486 g/mol. The fourth-order valence-corrected chi connectivity index (χ4v) is 5.10. The Morgan fingerprint density at radius 1 is 1.27 bits per heavy atom. The van der Waals surface area contributed by atoms with Gasteiger partial charge in [0.2, 0.25) is 0 Å². The van der Waals surface area contributed by atoms with E-state index in [1.807, 2.05) is 19.1 Å². The van der Waals surface area contributed by atoms with Gasteiger partial charge in [-0.15, -0.1) is 0 Å². The summed E-state index contributed by atoms with van der Waals surface area (Å²) in [6.07, 6.45) is 7.76. The lowest BCUT2D eigenvalue weighted by Gasteiger charge is -2.21. The predicted octanol–water partition coefficient (Wildman–Crippen LogP) is 5.49. The number of carbonyl (C=O) groups is 1. The number of unbranched alkanes of at least 4 members (excludes halogenated alkanes) is 1. The maximum absolute atomic E-state index is 13.4. The topological polar surface area (TPSA) is 66.7 Å². The van der Waals surface area contributed by atoms with Crippen molar-refractivity contribution in [3.8, 4) is 0 Å². The number of hydrogen-bond donors (Lipinski definition) is 1. The molecule has 33 heavy (non-hydrogen) atoms. The summed E-state index contributed by atoms with van der Waals surface area (Å²) in [5.41, 5.74) is 1.71. The molecule has 0 spiro atoms. The van der Waals surface area contributed by atoms with Gasteiger partial charge in [-0.25, -0.2) is 4.98 Å². The van der Waals surface area contributed by atoms with Gasteiger partial charge in [-0.2, -0.15) is 0 Å².